The summed E-state index contributed by atoms with van der Waals surface area (Å²) in [6.45, 7) is 2.49. The van der Waals surface area contributed by atoms with Gasteiger partial charge in [-0.05, 0) is 38.0 Å². The van der Waals surface area contributed by atoms with Crippen LogP contribution in [0.3, 0.4) is 0 Å². The molecule has 8 heteroatoms. The van der Waals surface area contributed by atoms with Gasteiger partial charge in [0.05, 0.1) is 16.7 Å². The number of likely N-dealkylation sites (tertiary alicyclic amines) is 1. The molecule has 0 aliphatic carbocycles. The molecule has 0 saturated carbocycles. The van der Waals surface area contributed by atoms with Gasteiger partial charge in [-0.3, -0.25) is 20.1 Å². The molecule has 1 atom stereocenters. The summed E-state index contributed by atoms with van der Waals surface area (Å²) in [5.74, 6) is 0. The van der Waals surface area contributed by atoms with Crippen molar-refractivity contribution < 1.29 is 9.72 Å². The fraction of sp³-hybridized carbons (Fsp3) is 0.312. The summed E-state index contributed by atoms with van der Waals surface area (Å²) >= 11 is 0. The Morgan fingerprint density at radius 2 is 2.25 bits per heavy atom. The number of anilines is 1. The van der Waals surface area contributed by atoms with Gasteiger partial charge in [0.2, 0.25) is 0 Å². The molecule has 8 nitrogen and oxygen atoms in total. The molecular formula is C16H17N5O3. The number of nitrogens with zero attached hydrogens (tertiary/aromatic N) is 4. The number of rotatable bonds is 3. The van der Waals surface area contributed by atoms with Crippen molar-refractivity contribution in [3.05, 3.63) is 58.2 Å². The molecule has 0 radical (unpaired) electrons. The molecule has 24 heavy (non-hydrogen) atoms. The Kier molecular flexibility index (Phi) is 4.37. The molecule has 1 aliphatic heterocycles. The van der Waals surface area contributed by atoms with Crippen molar-refractivity contribution in [3.63, 3.8) is 0 Å². The number of urea groups is 1. The van der Waals surface area contributed by atoms with Crippen molar-refractivity contribution in [2.45, 2.75) is 25.8 Å². The number of aromatic nitrogens is 2. The molecule has 124 valence electrons. The lowest BCUT2D eigenvalue weighted by Crippen LogP contribution is -2.35. The maximum absolute atomic E-state index is 12.6. The summed E-state index contributed by atoms with van der Waals surface area (Å²) in [4.78, 5) is 33.0. The van der Waals surface area contributed by atoms with Crippen molar-refractivity contribution in [3.8, 4) is 0 Å². The zero-order chi connectivity index (χ0) is 17.1. The molecule has 1 saturated heterocycles. The summed E-state index contributed by atoms with van der Waals surface area (Å²) < 4.78 is 0. The van der Waals surface area contributed by atoms with Crippen LogP contribution in [0.5, 0.6) is 0 Å². The molecule has 0 aromatic carbocycles. The topological polar surface area (TPSA) is 101 Å². The molecule has 3 heterocycles. The van der Waals surface area contributed by atoms with Crippen LogP contribution >= 0.6 is 0 Å². The number of carbonyl (C=O) groups is 1. The highest BCUT2D eigenvalue weighted by Crippen LogP contribution is 2.32. The first-order valence-electron chi connectivity index (χ1n) is 7.66. The average molecular weight is 327 g/mol. The van der Waals surface area contributed by atoms with E-state index in [1.165, 1.54) is 12.3 Å². The summed E-state index contributed by atoms with van der Waals surface area (Å²) in [7, 11) is 0. The van der Waals surface area contributed by atoms with Gasteiger partial charge in [-0.25, -0.2) is 4.79 Å². The van der Waals surface area contributed by atoms with E-state index >= 15 is 0 Å². The van der Waals surface area contributed by atoms with E-state index in [0.29, 0.717) is 6.54 Å². The van der Waals surface area contributed by atoms with E-state index in [-0.39, 0.29) is 23.4 Å². The van der Waals surface area contributed by atoms with E-state index < -0.39 is 4.92 Å². The van der Waals surface area contributed by atoms with E-state index in [1.54, 1.807) is 4.90 Å². The second kappa shape index (κ2) is 6.61. The van der Waals surface area contributed by atoms with Gasteiger partial charge in [0.25, 0.3) is 0 Å². The molecule has 2 aromatic heterocycles. The normalized spacial score (nSPS) is 16.9. The molecule has 1 fully saturated rings. The second-order valence-corrected chi connectivity index (χ2v) is 5.64. The van der Waals surface area contributed by atoms with Gasteiger partial charge in [0.15, 0.2) is 0 Å². The van der Waals surface area contributed by atoms with Crippen LogP contribution in [0.1, 0.15) is 30.3 Å². The molecule has 1 unspecified atom stereocenters. The maximum Gasteiger partial charge on any atom is 0.322 e. The predicted octanol–water partition coefficient (Wildman–Crippen LogP) is 3.06. The summed E-state index contributed by atoms with van der Waals surface area (Å²) in [6, 6.07) is 6.66. The number of nitrogens with one attached hydrogen (secondary N) is 1. The van der Waals surface area contributed by atoms with Crippen LogP contribution in [0, 0.1) is 17.0 Å². The molecule has 2 aromatic rings. The van der Waals surface area contributed by atoms with Crippen molar-refractivity contribution in [2.75, 3.05) is 11.9 Å². The lowest BCUT2D eigenvalue weighted by molar-refractivity contribution is -0.384. The summed E-state index contributed by atoms with van der Waals surface area (Å²) in [6.07, 6.45) is 4.22. The molecule has 3 rings (SSSR count). The molecule has 1 aliphatic rings. The number of carbonyl (C=O) groups excluding carboxylic acids is 1. The van der Waals surface area contributed by atoms with E-state index in [9.17, 15) is 14.9 Å². The highest BCUT2D eigenvalue weighted by Gasteiger charge is 2.31. The number of pyridine rings is 2. The first-order valence-corrected chi connectivity index (χ1v) is 7.66. The van der Waals surface area contributed by atoms with Crippen LogP contribution in [-0.4, -0.2) is 32.4 Å². The quantitative estimate of drug-likeness (QED) is 0.689. The van der Waals surface area contributed by atoms with Crippen LogP contribution in [0.15, 0.2) is 36.7 Å². The first-order chi connectivity index (χ1) is 11.6. The third-order valence-corrected chi connectivity index (χ3v) is 4.00. The van der Waals surface area contributed by atoms with Gasteiger partial charge in [-0.15, -0.1) is 0 Å². The lowest BCUT2D eigenvalue weighted by Gasteiger charge is -2.24. The van der Waals surface area contributed by atoms with Gasteiger partial charge in [0, 0.05) is 18.4 Å². The zero-order valence-electron chi connectivity index (χ0n) is 13.2. The third-order valence-electron chi connectivity index (χ3n) is 4.00. The van der Waals surface area contributed by atoms with Gasteiger partial charge >= 0.3 is 11.7 Å². The molecule has 2 amide bonds. The maximum atomic E-state index is 12.6. The Bertz CT molecular complexity index is 780. The monoisotopic (exact) mass is 327 g/mol. The zero-order valence-corrected chi connectivity index (χ0v) is 13.2. The van der Waals surface area contributed by atoms with Gasteiger partial charge in [-0.2, -0.15) is 0 Å². The van der Waals surface area contributed by atoms with Crippen LogP contribution < -0.4 is 5.32 Å². The molecule has 1 N–H and O–H groups in total. The van der Waals surface area contributed by atoms with Crippen LogP contribution in [0.25, 0.3) is 0 Å². The lowest BCUT2D eigenvalue weighted by atomic mass is 10.1. The smallest absolute Gasteiger partial charge is 0.316 e. The van der Waals surface area contributed by atoms with E-state index in [0.717, 1.165) is 30.4 Å². The van der Waals surface area contributed by atoms with Crippen molar-refractivity contribution >= 4 is 17.4 Å². The number of nitro groups is 1. The molecular weight excluding hydrogens is 310 g/mol. The molecule has 0 bridgehead atoms. The number of aryl methyl sites for hydroxylation is 1. The Hall–Kier alpha value is -3.03. The predicted molar refractivity (Wildman–Crippen MR) is 87.6 cm³/mol. The van der Waals surface area contributed by atoms with Crippen LogP contribution in [0.4, 0.5) is 16.2 Å². The van der Waals surface area contributed by atoms with E-state index in [2.05, 4.69) is 15.3 Å². The Balaban J connectivity index is 1.81. The third kappa shape index (κ3) is 3.17. The SMILES string of the molecule is Cc1cccc(C2CCCN2C(=O)Nc2ccncc2[N+](=O)[O-])n1. The first kappa shape index (κ1) is 15.9. The Morgan fingerprint density at radius 3 is 3.00 bits per heavy atom. The van der Waals surface area contributed by atoms with Crippen molar-refractivity contribution in [2.24, 2.45) is 0 Å². The summed E-state index contributed by atoms with van der Waals surface area (Å²) in [5.41, 5.74) is 1.65. The Labute approximate surface area is 138 Å². The van der Waals surface area contributed by atoms with E-state index in [1.807, 2.05) is 25.1 Å². The average Bonchev–Trinajstić information content (AvgIpc) is 3.05. The Morgan fingerprint density at radius 1 is 1.42 bits per heavy atom. The molecule has 0 spiro atoms. The highest BCUT2D eigenvalue weighted by molar-refractivity contribution is 5.92. The van der Waals surface area contributed by atoms with Crippen molar-refractivity contribution in [1.29, 1.82) is 0 Å². The minimum absolute atomic E-state index is 0.120. The fourth-order valence-corrected chi connectivity index (χ4v) is 2.89. The van der Waals surface area contributed by atoms with Gasteiger partial charge in [0.1, 0.15) is 11.9 Å². The van der Waals surface area contributed by atoms with Crippen LogP contribution in [0.2, 0.25) is 0 Å². The van der Waals surface area contributed by atoms with Crippen molar-refractivity contribution in [1.82, 2.24) is 14.9 Å². The largest absolute Gasteiger partial charge is 0.322 e. The minimum atomic E-state index is -0.563. The van der Waals surface area contributed by atoms with E-state index in [4.69, 9.17) is 0 Å². The second-order valence-electron chi connectivity index (χ2n) is 5.64. The number of amides is 2. The number of hydrogen-bond acceptors (Lipinski definition) is 5. The van der Waals surface area contributed by atoms with Gasteiger partial charge in [-0.1, -0.05) is 6.07 Å². The summed E-state index contributed by atoms with van der Waals surface area (Å²) in [5, 5.41) is 13.7. The van der Waals surface area contributed by atoms with Crippen LogP contribution in [-0.2, 0) is 0 Å². The highest BCUT2D eigenvalue weighted by atomic mass is 16.6. The van der Waals surface area contributed by atoms with Gasteiger partial charge < -0.3 is 10.2 Å². The standard InChI is InChI=1S/C16H17N5O3/c1-11-4-2-5-12(18-11)14-6-3-9-20(14)16(22)19-13-7-8-17-10-15(13)21(23)24/h2,4-5,7-8,10,14H,3,6,9H2,1H3,(H,17,19,22). The minimum Gasteiger partial charge on any atom is -0.316 e. The fourth-order valence-electron chi connectivity index (χ4n) is 2.89. The number of hydrogen-bond donors (Lipinski definition) is 1.